The SMILES string of the molecule is C=CN/C=C(/Cn1cc(SCc2ccccc2)nn1)NC. The summed E-state index contributed by atoms with van der Waals surface area (Å²) in [5.41, 5.74) is 2.28. The van der Waals surface area contributed by atoms with Crippen molar-refractivity contribution in [3.63, 3.8) is 0 Å². The number of thioether (sulfide) groups is 1. The molecule has 0 saturated carbocycles. The quantitative estimate of drug-likeness (QED) is 0.733. The molecule has 21 heavy (non-hydrogen) atoms. The molecule has 5 nitrogen and oxygen atoms in total. The van der Waals surface area contributed by atoms with Crippen LogP contribution in [-0.2, 0) is 12.3 Å². The smallest absolute Gasteiger partial charge is 0.139 e. The van der Waals surface area contributed by atoms with E-state index in [0.29, 0.717) is 6.54 Å². The average molecular weight is 301 g/mol. The van der Waals surface area contributed by atoms with Gasteiger partial charge in [0.15, 0.2) is 0 Å². The molecule has 0 radical (unpaired) electrons. The first kappa shape index (κ1) is 15.2. The van der Waals surface area contributed by atoms with Crippen LogP contribution in [0.3, 0.4) is 0 Å². The molecule has 0 fully saturated rings. The van der Waals surface area contributed by atoms with Crippen molar-refractivity contribution < 1.29 is 0 Å². The van der Waals surface area contributed by atoms with Gasteiger partial charge in [-0.2, -0.15) is 0 Å². The van der Waals surface area contributed by atoms with E-state index in [1.165, 1.54) is 5.56 Å². The molecule has 110 valence electrons. The van der Waals surface area contributed by atoms with Crippen LogP contribution in [-0.4, -0.2) is 22.0 Å². The van der Waals surface area contributed by atoms with Crippen molar-refractivity contribution in [2.45, 2.75) is 17.3 Å². The molecule has 2 aromatic rings. The predicted molar refractivity (Wildman–Crippen MR) is 86.5 cm³/mol. The Morgan fingerprint density at radius 2 is 2.19 bits per heavy atom. The molecule has 0 amide bonds. The molecular formula is C15H19N5S. The molecule has 2 N–H and O–H groups in total. The van der Waals surface area contributed by atoms with Gasteiger partial charge in [0.05, 0.1) is 12.7 Å². The summed E-state index contributed by atoms with van der Waals surface area (Å²) in [6.45, 7) is 4.24. The maximum Gasteiger partial charge on any atom is 0.139 e. The Bertz CT molecular complexity index is 591. The zero-order valence-corrected chi connectivity index (χ0v) is 12.8. The number of benzene rings is 1. The van der Waals surface area contributed by atoms with Gasteiger partial charge in [-0.25, -0.2) is 4.68 Å². The van der Waals surface area contributed by atoms with Crippen LogP contribution in [0.15, 0.2) is 66.2 Å². The van der Waals surface area contributed by atoms with Crippen molar-refractivity contribution in [1.82, 2.24) is 25.6 Å². The Balaban J connectivity index is 1.90. The maximum absolute atomic E-state index is 4.18. The predicted octanol–water partition coefficient (Wildman–Crippen LogP) is 2.36. The minimum Gasteiger partial charge on any atom is -0.389 e. The molecule has 1 aromatic heterocycles. The summed E-state index contributed by atoms with van der Waals surface area (Å²) >= 11 is 1.68. The van der Waals surface area contributed by atoms with Gasteiger partial charge in [0, 0.05) is 24.7 Å². The second kappa shape index (κ2) is 8.16. The van der Waals surface area contributed by atoms with E-state index in [4.69, 9.17) is 0 Å². The third-order valence-corrected chi connectivity index (χ3v) is 3.74. The largest absolute Gasteiger partial charge is 0.389 e. The highest BCUT2D eigenvalue weighted by Gasteiger charge is 2.03. The summed E-state index contributed by atoms with van der Waals surface area (Å²) in [5.74, 6) is 0.895. The maximum atomic E-state index is 4.18. The van der Waals surface area contributed by atoms with Crippen LogP contribution in [0.5, 0.6) is 0 Å². The van der Waals surface area contributed by atoms with Gasteiger partial charge in [-0.3, -0.25) is 0 Å². The zero-order valence-electron chi connectivity index (χ0n) is 12.0. The highest BCUT2D eigenvalue weighted by atomic mass is 32.2. The highest BCUT2D eigenvalue weighted by molar-refractivity contribution is 7.98. The van der Waals surface area contributed by atoms with Gasteiger partial charge >= 0.3 is 0 Å². The molecule has 0 aliphatic heterocycles. The first-order valence-electron chi connectivity index (χ1n) is 6.62. The molecule has 6 heteroatoms. The van der Waals surface area contributed by atoms with Crippen molar-refractivity contribution in [1.29, 1.82) is 0 Å². The molecule has 0 aliphatic rings. The molecule has 0 atom stereocenters. The topological polar surface area (TPSA) is 54.8 Å². The van der Waals surface area contributed by atoms with Gasteiger partial charge < -0.3 is 10.6 Å². The molecule has 0 bridgehead atoms. The number of likely N-dealkylation sites (N-methyl/N-ethyl adjacent to an activating group) is 1. The van der Waals surface area contributed by atoms with Crippen LogP contribution >= 0.6 is 11.8 Å². The van der Waals surface area contributed by atoms with Crippen molar-refractivity contribution in [2.75, 3.05) is 7.05 Å². The van der Waals surface area contributed by atoms with Crippen LogP contribution in [0.4, 0.5) is 0 Å². The second-order valence-electron chi connectivity index (χ2n) is 4.32. The number of nitrogens with zero attached hydrogens (tertiary/aromatic N) is 3. The lowest BCUT2D eigenvalue weighted by atomic mass is 10.2. The molecule has 0 unspecified atom stereocenters. The summed E-state index contributed by atoms with van der Waals surface area (Å²) in [6.07, 6.45) is 5.43. The zero-order chi connectivity index (χ0) is 14.9. The first-order chi connectivity index (χ1) is 10.3. The van der Waals surface area contributed by atoms with Crippen LogP contribution in [0.25, 0.3) is 0 Å². The summed E-state index contributed by atoms with van der Waals surface area (Å²) < 4.78 is 1.81. The van der Waals surface area contributed by atoms with Gasteiger partial charge in [-0.1, -0.05) is 53.9 Å². The van der Waals surface area contributed by atoms with E-state index in [0.717, 1.165) is 16.5 Å². The fraction of sp³-hybridized carbons (Fsp3) is 0.200. The fourth-order valence-electron chi connectivity index (χ4n) is 1.69. The molecule has 0 aliphatic carbocycles. The van der Waals surface area contributed by atoms with Crippen molar-refractivity contribution in [3.05, 3.63) is 66.8 Å². The van der Waals surface area contributed by atoms with Gasteiger partial charge in [0.1, 0.15) is 5.03 Å². The number of hydrogen-bond acceptors (Lipinski definition) is 5. The lowest BCUT2D eigenvalue weighted by Gasteiger charge is -2.05. The standard InChI is InChI=1S/C15H19N5S/c1-3-17-9-14(16-2)10-20-11-15(18-19-20)21-12-13-7-5-4-6-8-13/h3-9,11,16-17H,1,10,12H2,2H3/b14-9-. The highest BCUT2D eigenvalue weighted by Crippen LogP contribution is 2.19. The third-order valence-electron chi connectivity index (χ3n) is 2.78. The summed E-state index contributed by atoms with van der Waals surface area (Å²) in [7, 11) is 1.87. The van der Waals surface area contributed by atoms with E-state index in [1.807, 2.05) is 37.6 Å². The fourth-order valence-corrected chi connectivity index (χ4v) is 2.48. The van der Waals surface area contributed by atoms with E-state index in [-0.39, 0.29) is 0 Å². The molecule has 2 rings (SSSR count). The normalized spacial score (nSPS) is 11.2. The third kappa shape index (κ3) is 5.00. The van der Waals surface area contributed by atoms with Crippen LogP contribution in [0.2, 0.25) is 0 Å². The Labute approximate surface area is 129 Å². The molecular weight excluding hydrogens is 282 g/mol. The molecule has 1 aromatic carbocycles. The van der Waals surface area contributed by atoms with Crippen LogP contribution < -0.4 is 10.6 Å². The Morgan fingerprint density at radius 3 is 2.90 bits per heavy atom. The van der Waals surface area contributed by atoms with E-state index in [2.05, 4.69) is 39.7 Å². The molecule has 1 heterocycles. The van der Waals surface area contributed by atoms with Crippen LogP contribution in [0.1, 0.15) is 5.56 Å². The van der Waals surface area contributed by atoms with E-state index in [9.17, 15) is 0 Å². The van der Waals surface area contributed by atoms with Gasteiger partial charge in [-0.05, 0) is 11.8 Å². The minimum absolute atomic E-state index is 0.635. The average Bonchev–Trinajstić information content (AvgIpc) is 2.98. The monoisotopic (exact) mass is 301 g/mol. The van der Waals surface area contributed by atoms with Gasteiger partial charge in [-0.15, -0.1) is 5.10 Å². The number of hydrogen-bond donors (Lipinski definition) is 2. The number of allylic oxidation sites excluding steroid dienone is 1. The molecule has 0 spiro atoms. The second-order valence-corrected chi connectivity index (χ2v) is 5.31. The van der Waals surface area contributed by atoms with Gasteiger partial charge in [0.2, 0.25) is 0 Å². The van der Waals surface area contributed by atoms with Crippen molar-refractivity contribution >= 4 is 11.8 Å². The Kier molecular flexibility index (Phi) is 5.90. The number of aromatic nitrogens is 3. The Hall–Kier alpha value is -2.21. The van der Waals surface area contributed by atoms with Crippen LogP contribution in [0, 0.1) is 0 Å². The summed E-state index contributed by atoms with van der Waals surface area (Å²) in [6, 6.07) is 10.3. The Morgan fingerprint density at radius 1 is 1.38 bits per heavy atom. The van der Waals surface area contributed by atoms with E-state index < -0.39 is 0 Å². The number of rotatable bonds is 8. The minimum atomic E-state index is 0.635. The lowest BCUT2D eigenvalue weighted by Crippen LogP contribution is -2.15. The summed E-state index contributed by atoms with van der Waals surface area (Å²) in [4.78, 5) is 0. The van der Waals surface area contributed by atoms with Crippen molar-refractivity contribution in [3.8, 4) is 0 Å². The summed E-state index contributed by atoms with van der Waals surface area (Å²) in [5, 5.41) is 15.3. The number of nitrogens with one attached hydrogen (secondary N) is 2. The van der Waals surface area contributed by atoms with E-state index >= 15 is 0 Å². The van der Waals surface area contributed by atoms with Gasteiger partial charge in [0.25, 0.3) is 0 Å². The lowest BCUT2D eigenvalue weighted by molar-refractivity contribution is 0.616. The first-order valence-corrected chi connectivity index (χ1v) is 7.61. The van der Waals surface area contributed by atoms with E-state index in [1.54, 1.807) is 22.6 Å². The molecule has 0 saturated heterocycles. The van der Waals surface area contributed by atoms with Crippen molar-refractivity contribution in [2.24, 2.45) is 0 Å².